The third-order valence-corrected chi connectivity index (χ3v) is 5.54. The average molecular weight is 523 g/mol. The Balaban J connectivity index is 3.29. The Kier molecular flexibility index (Phi) is 12.8. The molecule has 0 aromatic heterocycles. The van der Waals surface area contributed by atoms with Crippen LogP contribution >= 0.6 is 0 Å². The zero-order valence-electron chi connectivity index (χ0n) is 22.7. The number of hydrazone groups is 1. The topological polar surface area (TPSA) is 160 Å². The lowest BCUT2D eigenvalue weighted by atomic mass is 10.0. The van der Waals surface area contributed by atoms with Crippen molar-refractivity contribution in [2.24, 2.45) is 11.0 Å². The number of likely N-dealkylation sites (N-methyl/N-ethyl adjacent to an activating group) is 1. The number of rotatable bonds is 16. The zero-order chi connectivity index (χ0) is 28.2. The number of nitro groups is 2. The van der Waals surface area contributed by atoms with Gasteiger partial charge in [0.1, 0.15) is 5.69 Å². The van der Waals surface area contributed by atoms with Crippen LogP contribution in [0.2, 0.25) is 0 Å². The third-order valence-electron chi connectivity index (χ3n) is 5.54. The second kappa shape index (κ2) is 15.0. The number of unbranched alkanes of at least 4 members (excludes halogenated alkanes) is 2. The molecule has 0 saturated heterocycles. The molecule has 0 aliphatic heterocycles. The molecule has 0 heterocycles. The fraction of sp³-hybridized carbons (Fsp3) is 0.625. The number of carbonyl (C=O) groups excluding carboxylic acids is 2. The van der Waals surface area contributed by atoms with Crippen LogP contribution in [0, 0.1) is 26.1 Å². The number of anilines is 1. The molecule has 1 rings (SSSR count). The van der Waals surface area contributed by atoms with Gasteiger partial charge in [-0.2, -0.15) is 5.10 Å². The fourth-order valence-electron chi connectivity index (χ4n) is 3.53. The molecule has 37 heavy (non-hydrogen) atoms. The summed E-state index contributed by atoms with van der Waals surface area (Å²) in [5, 5.41) is 29.3. The molecule has 2 amide bonds. The van der Waals surface area contributed by atoms with Crippen molar-refractivity contribution in [3.05, 3.63) is 38.4 Å². The molecule has 0 saturated carbocycles. The molecule has 13 nitrogen and oxygen atoms in total. The number of hydrogen-bond acceptors (Lipinski definition) is 8. The molecule has 0 spiro atoms. The first-order valence-electron chi connectivity index (χ1n) is 12.4. The summed E-state index contributed by atoms with van der Waals surface area (Å²) in [5.41, 5.74) is 1.65. The highest BCUT2D eigenvalue weighted by atomic mass is 16.6. The van der Waals surface area contributed by atoms with Crippen LogP contribution in [0.4, 0.5) is 17.1 Å². The first kappa shape index (κ1) is 31.6. The maximum Gasteiger partial charge on any atom is 0.299 e. The maximum absolute atomic E-state index is 13.4. The Morgan fingerprint density at radius 1 is 1.05 bits per heavy atom. The van der Waals surface area contributed by atoms with E-state index < -0.39 is 33.0 Å². The predicted molar refractivity (Wildman–Crippen MR) is 142 cm³/mol. The maximum atomic E-state index is 13.4. The highest BCUT2D eigenvalue weighted by Crippen LogP contribution is 2.29. The minimum absolute atomic E-state index is 0.152. The first-order valence-corrected chi connectivity index (χ1v) is 12.4. The average Bonchev–Trinajstić information content (AvgIpc) is 2.80. The van der Waals surface area contributed by atoms with Gasteiger partial charge in [-0.3, -0.25) is 29.8 Å². The molecular weight excluding hydrogens is 482 g/mol. The Morgan fingerprint density at radius 3 is 2.14 bits per heavy atom. The van der Waals surface area contributed by atoms with Gasteiger partial charge in [-0.15, -0.1) is 0 Å². The van der Waals surface area contributed by atoms with Crippen LogP contribution < -0.4 is 10.7 Å². The molecule has 0 bridgehead atoms. The van der Waals surface area contributed by atoms with Crippen molar-refractivity contribution in [2.75, 3.05) is 52.6 Å². The summed E-state index contributed by atoms with van der Waals surface area (Å²) in [6.45, 7) is 7.78. The van der Waals surface area contributed by atoms with Gasteiger partial charge in [0.15, 0.2) is 6.54 Å². The number of hydrogen-bond donors (Lipinski definition) is 2. The molecule has 206 valence electrons. The zero-order valence-corrected chi connectivity index (χ0v) is 22.7. The summed E-state index contributed by atoms with van der Waals surface area (Å²) >= 11 is 0. The lowest BCUT2D eigenvalue weighted by Gasteiger charge is -2.27. The second-order valence-corrected chi connectivity index (χ2v) is 10.0. The Labute approximate surface area is 217 Å². The van der Waals surface area contributed by atoms with E-state index in [0.29, 0.717) is 16.7 Å². The predicted octanol–water partition coefficient (Wildman–Crippen LogP) is 3.16. The van der Waals surface area contributed by atoms with Crippen LogP contribution in [0.1, 0.15) is 46.5 Å². The van der Waals surface area contributed by atoms with Gasteiger partial charge in [0.2, 0.25) is 5.91 Å². The van der Waals surface area contributed by atoms with E-state index in [4.69, 9.17) is 0 Å². The number of quaternary nitrogens is 1. The second-order valence-electron chi connectivity index (χ2n) is 10.0. The summed E-state index contributed by atoms with van der Waals surface area (Å²) in [5.74, 6) is -1.70. The highest BCUT2D eigenvalue weighted by molar-refractivity contribution is 6.09. The van der Waals surface area contributed by atoms with Crippen molar-refractivity contribution in [1.82, 2.24) is 10.3 Å². The largest absolute Gasteiger partial charge is 0.323 e. The molecule has 0 fully saturated rings. The lowest BCUT2D eigenvalue weighted by Crippen LogP contribution is -2.44. The summed E-state index contributed by atoms with van der Waals surface area (Å²) in [4.78, 5) is 48.9. The summed E-state index contributed by atoms with van der Waals surface area (Å²) in [7, 11) is 5.59. The molecule has 1 atom stereocenters. The minimum Gasteiger partial charge on any atom is -0.323 e. The highest BCUT2D eigenvalue weighted by Gasteiger charge is 2.28. The molecule has 1 unspecified atom stereocenters. The minimum atomic E-state index is -0.826. The van der Waals surface area contributed by atoms with Crippen molar-refractivity contribution in [1.29, 1.82) is 0 Å². The number of benzene rings is 1. The molecule has 13 heteroatoms. The van der Waals surface area contributed by atoms with Crippen LogP contribution in [0.5, 0.6) is 0 Å². The van der Waals surface area contributed by atoms with Crippen LogP contribution in [-0.4, -0.2) is 84.1 Å². The van der Waals surface area contributed by atoms with Gasteiger partial charge >= 0.3 is 0 Å². The van der Waals surface area contributed by atoms with Gasteiger partial charge in [0.05, 0.1) is 43.0 Å². The summed E-state index contributed by atoms with van der Waals surface area (Å²) < 4.78 is 0.399. The molecule has 1 aromatic carbocycles. The summed E-state index contributed by atoms with van der Waals surface area (Å²) in [6, 6.07) is 3.05. The van der Waals surface area contributed by atoms with Crippen LogP contribution in [0.15, 0.2) is 23.3 Å². The Bertz CT molecular complexity index is 982. The fourth-order valence-corrected chi connectivity index (χ4v) is 3.53. The van der Waals surface area contributed by atoms with Gasteiger partial charge in [-0.25, -0.2) is 5.43 Å². The van der Waals surface area contributed by atoms with Crippen molar-refractivity contribution in [2.45, 2.75) is 46.5 Å². The van der Waals surface area contributed by atoms with Crippen LogP contribution in [0.25, 0.3) is 0 Å². The van der Waals surface area contributed by atoms with Crippen molar-refractivity contribution in [3.63, 3.8) is 0 Å². The standard InChI is InChI=1S/C24H39N7O6/c1-7-9-13-28(14-10-8-2)16-20(18(3)26-27-23(32)17-31(4,5)6)24(33)25-21-12-11-19(29(34)35)15-22(21)30(36)37/h11-12,15,20H,7-10,13-14,16-17H2,1-6H3,(H-,25,27,32,33)/p+1/b26-18-. The van der Waals surface area contributed by atoms with E-state index in [9.17, 15) is 29.8 Å². The Morgan fingerprint density at radius 2 is 1.65 bits per heavy atom. The van der Waals surface area contributed by atoms with Gasteiger partial charge < -0.3 is 14.7 Å². The van der Waals surface area contributed by atoms with Crippen molar-refractivity contribution >= 4 is 34.6 Å². The molecule has 0 aliphatic rings. The number of carbonyl (C=O) groups is 2. The number of amides is 2. The first-order chi connectivity index (χ1) is 17.3. The van der Waals surface area contributed by atoms with E-state index in [1.807, 2.05) is 21.1 Å². The molecule has 0 aliphatic carbocycles. The van der Waals surface area contributed by atoms with Gasteiger partial charge in [-0.1, -0.05) is 26.7 Å². The van der Waals surface area contributed by atoms with Crippen molar-refractivity contribution in [3.8, 4) is 0 Å². The van der Waals surface area contributed by atoms with Gasteiger partial charge in [-0.05, 0) is 38.9 Å². The summed E-state index contributed by atoms with van der Waals surface area (Å²) in [6.07, 6.45) is 3.82. The van der Waals surface area contributed by atoms with Gasteiger partial charge in [0, 0.05) is 18.3 Å². The van der Waals surface area contributed by atoms with Crippen molar-refractivity contribution < 1.29 is 23.9 Å². The van der Waals surface area contributed by atoms with E-state index in [2.05, 4.69) is 34.6 Å². The lowest BCUT2D eigenvalue weighted by molar-refractivity contribution is -0.862. The smallest absolute Gasteiger partial charge is 0.299 e. The third kappa shape index (κ3) is 11.4. The van der Waals surface area contributed by atoms with E-state index in [1.165, 1.54) is 0 Å². The monoisotopic (exact) mass is 522 g/mol. The van der Waals surface area contributed by atoms with Crippen LogP contribution in [-0.2, 0) is 9.59 Å². The number of nitro benzene ring substituents is 2. The SMILES string of the molecule is CCCCN(CCCC)CC(C(=O)Nc1ccc([N+](=O)[O-])cc1[N+](=O)[O-])/C(C)=N\NC(=O)C[N+](C)(C)C. The Hall–Kier alpha value is -3.45. The van der Waals surface area contributed by atoms with E-state index in [1.54, 1.807) is 6.92 Å². The van der Waals surface area contributed by atoms with Gasteiger partial charge in [0.25, 0.3) is 17.3 Å². The molecule has 1 aromatic rings. The molecule has 0 radical (unpaired) electrons. The number of non-ortho nitro benzene ring substituents is 1. The van der Waals surface area contributed by atoms with E-state index >= 15 is 0 Å². The van der Waals surface area contributed by atoms with E-state index in [-0.39, 0.29) is 18.1 Å². The quantitative estimate of drug-likeness (QED) is 0.146. The molecule has 2 N–H and O–H groups in total. The van der Waals surface area contributed by atoms with Crippen LogP contribution in [0.3, 0.4) is 0 Å². The number of nitrogens with one attached hydrogen (secondary N) is 2. The normalized spacial score (nSPS) is 12.8. The molecular formula is C24H40N7O6+. The van der Waals surface area contributed by atoms with E-state index in [0.717, 1.165) is 57.0 Å². The number of nitrogens with zero attached hydrogens (tertiary/aromatic N) is 5.